The van der Waals surface area contributed by atoms with Crippen LogP contribution in [-0.4, -0.2) is 51.9 Å². The van der Waals surface area contributed by atoms with E-state index in [9.17, 15) is 4.79 Å². The molecule has 2 heterocycles. The molecule has 0 unspecified atom stereocenters. The molecule has 0 aliphatic carbocycles. The Hall–Kier alpha value is -3.38. The van der Waals surface area contributed by atoms with Gasteiger partial charge in [0.2, 0.25) is 0 Å². The highest BCUT2D eigenvalue weighted by Gasteiger charge is 2.24. The first-order valence-electron chi connectivity index (χ1n) is 10.9. The molecule has 0 aliphatic heterocycles. The normalized spacial score (nSPS) is 11.4. The van der Waals surface area contributed by atoms with Gasteiger partial charge in [-0.2, -0.15) is 0 Å². The molecule has 0 radical (unpaired) electrons. The second kappa shape index (κ2) is 9.18. The highest BCUT2D eigenvalue weighted by molar-refractivity contribution is 6.05. The van der Waals surface area contributed by atoms with Gasteiger partial charge in [-0.05, 0) is 37.7 Å². The van der Waals surface area contributed by atoms with E-state index < -0.39 is 0 Å². The van der Waals surface area contributed by atoms with Crippen LogP contribution in [-0.2, 0) is 0 Å². The van der Waals surface area contributed by atoms with Crippen LogP contribution in [0.2, 0.25) is 0 Å². The van der Waals surface area contributed by atoms with Crippen molar-refractivity contribution in [2.45, 2.75) is 20.8 Å². The summed E-state index contributed by atoms with van der Waals surface area (Å²) in [4.78, 5) is 27.1. The van der Waals surface area contributed by atoms with Crippen molar-refractivity contribution < 1.29 is 4.79 Å². The largest absolute Gasteiger partial charge is 0.355 e. The zero-order valence-electron chi connectivity index (χ0n) is 18.3. The van der Waals surface area contributed by atoms with Gasteiger partial charge in [-0.25, -0.2) is 4.98 Å². The van der Waals surface area contributed by atoms with Crippen LogP contribution in [0.4, 0.5) is 0 Å². The summed E-state index contributed by atoms with van der Waals surface area (Å²) >= 11 is 0. The van der Waals surface area contributed by atoms with E-state index in [1.807, 2.05) is 61.5 Å². The van der Waals surface area contributed by atoms with Crippen molar-refractivity contribution in [1.82, 2.24) is 25.2 Å². The van der Waals surface area contributed by atoms with Crippen LogP contribution >= 0.6 is 0 Å². The van der Waals surface area contributed by atoms with Crippen LogP contribution in [0, 0.1) is 6.92 Å². The molecule has 0 aliphatic rings. The Bertz CT molecular complexity index is 1140. The number of fused-ring (bicyclic) bond motifs is 1. The van der Waals surface area contributed by atoms with Crippen molar-refractivity contribution >= 4 is 16.9 Å². The summed E-state index contributed by atoms with van der Waals surface area (Å²) in [6.45, 7) is 9.60. The number of aromatic nitrogens is 3. The molecular weight excluding hydrogens is 386 g/mol. The number of amides is 1. The summed E-state index contributed by atoms with van der Waals surface area (Å²) < 4.78 is 0. The highest BCUT2D eigenvalue weighted by Crippen LogP contribution is 2.36. The molecule has 4 rings (SSSR count). The smallest absolute Gasteiger partial charge is 0.253 e. The van der Waals surface area contributed by atoms with Gasteiger partial charge in [0.25, 0.3) is 5.91 Å². The van der Waals surface area contributed by atoms with Gasteiger partial charge < -0.3 is 20.2 Å². The molecule has 6 heteroatoms. The third kappa shape index (κ3) is 4.25. The maximum atomic E-state index is 13.3. The lowest BCUT2D eigenvalue weighted by Gasteiger charge is -2.18. The lowest BCUT2D eigenvalue weighted by Crippen LogP contribution is -2.35. The van der Waals surface area contributed by atoms with Crippen LogP contribution in [0.3, 0.4) is 0 Å². The fraction of sp³-hybridized carbons (Fsp3) is 0.280. The topological polar surface area (TPSA) is 76.8 Å². The van der Waals surface area contributed by atoms with Crippen molar-refractivity contribution in [3.05, 3.63) is 65.9 Å². The molecule has 0 saturated carbocycles. The zero-order valence-corrected chi connectivity index (χ0v) is 18.3. The number of aryl methyl sites for hydroxylation is 1. The number of rotatable bonds is 8. The average Bonchev–Trinajstić information content (AvgIpc) is 3.38. The number of hydrogen-bond acceptors (Lipinski definition) is 3. The standard InChI is InChI=1S/C25H29N5O/c1-4-30(5-2)16-15-26-25(31)21-17(3)27-23(22(21)18-11-7-6-8-12-18)24-28-19-13-9-10-14-20(19)29-24/h6-14,27H,4-5,15-16H2,1-3H3,(H,26,31)(H,28,29). The minimum absolute atomic E-state index is 0.0675. The van der Waals surface area contributed by atoms with E-state index in [-0.39, 0.29) is 5.91 Å². The Balaban J connectivity index is 1.74. The molecule has 4 aromatic rings. The van der Waals surface area contributed by atoms with E-state index in [0.29, 0.717) is 12.1 Å². The summed E-state index contributed by atoms with van der Waals surface area (Å²) in [5.74, 6) is 0.660. The van der Waals surface area contributed by atoms with Gasteiger partial charge in [0.05, 0.1) is 22.3 Å². The predicted molar refractivity (Wildman–Crippen MR) is 126 cm³/mol. The number of nitrogens with one attached hydrogen (secondary N) is 3. The molecule has 1 amide bonds. The molecule has 2 aromatic carbocycles. The van der Waals surface area contributed by atoms with Crippen LogP contribution in [0.1, 0.15) is 29.9 Å². The Morgan fingerprint density at radius 3 is 2.42 bits per heavy atom. The van der Waals surface area contributed by atoms with Crippen LogP contribution in [0.15, 0.2) is 54.6 Å². The maximum absolute atomic E-state index is 13.3. The average molecular weight is 416 g/mol. The first-order chi connectivity index (χ1) is 15.1. The van der Waals surface area contributed by atoms with Crippen molar-refractivity contribution in [1.29, 1.82) is 0 Å². The summed E-state index contributed by atoms with van der Waals surface area (Å²) in [5.41, 5.74) is 6.04. The molecule has 0 bridgehead atoms. The SMILES string of the molecule is CCN(CC)CCNC(=O)c1c(C)[nH]c(-c2nc3ccccc3[nH]2)c1-c1ccccc1. The number of carbonyl (C=O) groups is 1. The number of imidazole rings is 1. The van der Waals surface area contributed by atoms with E-state index in [0.717, 1.165) is 59.0 Å². The first-order valence-corrected chi connectivity index (χ1v) is 10.9. The van der Waals surface area contributed by atoms with E-state index in [1.165, 1.54) is 0 Å². The number of H-pyrrole nitrogens is 2. The molecule has 3 N–H and O–H groups in total. The lowest BCUT2D eigenvalue weighted by atomic mass is 9.99. The Labute approximate surface area is 182 Å². The second-order valence-electron chi connectivity index (χ2n) is 7.63. The minimum Gasteiger partial charge on any atom is -0.355 e. The van der Waals surface area contributed by atoms with E-state index >= 15 is 0 Å². The van der Waals surface area contributed by atoms with Gasteiger partial charge in [0, 0.05) is 24.3 Å². The Kier molecular flexibility index (Phi) is 6.18. The summed E-state index contributed by atoms with van der Waals surface area (Å²) in [6.07, 6.45) is 0. The van der Waals surface area contributed by atoms with Crippen molar-refractivity contribution in [3.63, 3.8) is 0 Å². The van der Waals surface area contributed by atoms with Crippen molar-refractivity contribution in [2.24, 2.45) is 0 Å². The van der Waals surface area contributed by atoms with E-state index in [1.54, 1.807) is 0 Å². The van der Waals surface area contributed by atoms with Gasteiger partial charge in [-0.3, -0.25) is 4.79 Å². The van der Waals surface area contributed by atoms with Crippen LogP contribution in [0.5, 0.6) is 0 Å². The molecule has 0 atom stereocenters. The molecule has 0 saturated heterocycles. The first kappa shape index (κ1) is 20.9. The quantitative estimate of drug-likeness (QED) is 0.393. The fourth-order valence-corrected chi connectivity index (χ4v) is 4.01. The van der Waals surface area contributed by atoms with Gasteiger partial charge in [-0.15, -0.1) is 0 Å². The Morgan fingerprint density at radius 2 is 1.71 bits per heavy atom. The predicted octanol–water partition coefficient (Wildman–Crippen LogP) is 4.61. The Morgan fingerprint density at radius 1 is 1.00 bits per heavy atom. The zero-order chi connectivity index (χ0) is 21.8. The number of likely N-dealkylation sites (N-methyl/N-ethyl adjacent to an activating group) is 1. The molecular formula is C25H29N5O. The number of nitrogens with zero attached hydrogens (tertiary/aromatic N) is 2. The second-order valence-corrected chi connectivity index (χ2v) is 7.63. The summed E-state index contributed by atoms with van der Waals surface area (Å²) in [7, 11) is 0. The van der Waals surface area contributed by atoms with Crippen LogP contribution < -0.4 is 5.32 Å². The fourth-order valence-electron chi connectivity index (χ4n) is 4.01. The number of hydrogen-bond donors (Lipinski definition) is 3. The van der Waals surface area contributed by atoms with Crippen molar-refractivity contribution in [3.8, 4) is 22.6 Å². The molecule has 2 aromatic heterocycles. The maximum Gasteiger partial charge on any atom is 0.253 e. The monoisotopic (exact) mass is 415 g/mol. The number of para-hydroxylation sites is 2. The lowest BCUT2D eigenvalue weighted by molar-refractivity contribution is 0.0949. The molecule has 31 heavy (non-hydrogen) atoms. The van der Waals surface area contributed by atoms with Gasteiger partial charge in [-0.1, -0.05) is 56.3 Å². The van der Waals surface area contributed by atoms with Gasteiger partial charge in [0.15, 0.2) is 5.82 Å². The van der Waals surface area contributed by atoms with E-state index in [2.05, 4.69) is 34.0 Å². The molecule has 6 nitrogen and oxygen atoms in total. The minimum atomic E-state index is -0.0675. The third-order valence-electron chi connectivity index (χ3n) is 5.71. The number of benzene rings is 2. The van der Waals surface area contributed by atoms with Crippen molar-refractivity contribution in [2.75, 3.05) is 26.2 Å². The summed E-state index contributed by atoms with van der Waals surface area (Å²) in [6, 6.07) is 18.0. The van der Waals surface area contributed by atoms with Crippen LogP contribution in [0.25, 0.3) is 33.7 Å². The number of aromatic amines is 2. The molecule has 160 valence electrons. The third-order valence-corrected chi connectivity index (χ3v) is 5.71. The number of carbonyl (C=O) groups excluding carboxylic acids is 1. The molecule has 0 spiro atoms. The summed E-state index contributed by atoms with van der Waals surface area (Å²) in [5, 5.41) is 3.11. The highest BCUT2D eigenvalue weighted by atomic mass is 16.1. The van der Waals surface area contributed by atoms with E-state index in [4.69, 9.17) is 4.98 Å². The molecule has 0 fully saturated rings. The van der Waals surface area contributed by atoms with Gasteiger partial charge >= 0.3 is 0 Å². The van der Waals surface area contributed by atoms with Gasteiger partial charge in [0.1, 0.15) is 0 Å².